The maximum Gasteiger partial charge on any atom is 0.322 e. The van der Waals surface area contributed by atoms with Crippen LogP contribution in [0.5, 0.6) is 0 Å². The van der Waals surface area contributed by atoms with Crippen molar-refractivity contribution in [3.63, 3.8) is 0 Å². The highest BCUT2D eigenvalue weighted by Gasteiger charge is 2.16. The molecular weight excluding hydrogens is 306 g/mol. The summed E-state index contributed by atoms with van der Waals surface area (Å²) >= 11 is 0. The van der Waals surface area contributed by atoms with Gasteiger partial charge in [0, 0.05) is 18.3 Å². The number of carbonyl (C=O) groups excluding carboxylic acids is 1. The zero-order valence-corrected chi connectivity index (χ0v) is 14.7. The van der Waals surface area contributed by atoms with E-state index in [1.54, 1.807) is 4.90 Å². The second-order valence-electron chi connectivity index (χ2n) is 6.01. The van der Waals surface area contributed by atoms with Crippen LogP contribution < -0.4 is 5.32 Å². The summed E-state index contributed by atoms with van der Waals surface area (Å²) in [7, 11) is 0. The molecule has 0 aliphatic rings. The Kier molecular flexibility index (Phi) is 5.92. The summed E-state index contributed by atoms with van der Waals surface area (Å²) in [5, 5.41) is 16.3. The number of carbonyl (C=O) groups is 1. The van der Waals surface area contributed by atoms with E-state index in [1.165, 1.54) is 0 Å². The van der Waals surface area contributed by atoms with Crippen LogP contribution in [-0.2, 0) is 6.54 Å². The van der Waals surface area contributed by atoms with E-state index in [9.17, 15) is 4.79 Å². The van der Waals surface area contributed by atoms with Crippen molar-refractivity contribution >= 4 is 11.7 Å². The van der Waals surface area contributed by atoms with Crippen molar-refractivity contribution in [1.82, 2.24) is 19.7 Å². The second kappa shape index (κ2) is 7.92. The molecule has 2 aromatic rings. The molecule has 24 heavy (non-hydrogen) atoms. The molecule has 2 rings (SSSR count). The van der Waals surface area contributed by atoms with Gasteiger partial charge >= 0.3 is 6.03 Å². The summed E-state index contributed by atoms with van der Waals surface area (Å²) in [5.74, 6) is 1.60. The summed E-state index contributed by atoms with van der Waals surface area (Å²) in [6.45, 7) is 8.46. The van der Waals surface area contributed by atoms with Crippen LogP contribution in [0.2, 0.25) is 0 Å². The maximum atomic E-state index is 12.3. The monoisotopic (exact) mass is 331 g/mol. The topological polar surface area (TPSA) is 83.3 Å². The molecule has 2 N–H and O–H groups in total. The lowest BCUT2D eigenvalue weighted by molar-refractivity contribution is 0.172. The predicted molar refractivity (Wildman–Crippen MR) is 93.0 cm³/mol. The lowest BCUT2D eigenvalue weighted by atomic mass is 10.2. The molecule has 0 radical (unpaired) electrons. The average Bonchev–Trinajstić information content (AvgIpc) is 2.82. The van der Waals surface area contributed by atoms with Crippen molar-refractivity contribution in [2.24, 2.45) is 0 Å². The SMILES string of the molecule is Cc1nc(C)n(Cc2cccc(NC(=O)N(CCO)C(C)C)c2)n1. The minimum absolute atomic E-state index is 0.0149. The van der Waals surface area contributed by atoms with E-state index in [0.29, 0.717) is 13.1 Å². The summed E-state index contributed by atoms with van der Waals surface area (Å²) in [6, 6.07) is 7.45. The minimum atomic E-state index is -0.219. The normalized spacial score (nSPS) is 10.9. The number of hydrogen-bond acceptors (Lipinski definition) is 4. The van der Waals surface area contributed by atoms with Crippen LogP contribution in [-0.4, -0.2) is 50.0 Å². The third-order valence-electron chi connectivity index (χ3n) is 3.70. The highest BCUT2D eigenvalue weighted by molar-refractivity contribution is 5.89. The maximum absolute atomic E-state index is 12.3. The van der Waals surface area contributed by atoms with Crippen LogP contribution >= 0.6 is 0 Å². The number of aliphatic hydroxyl groups is 1. The molecule has 0 spiro atoms. The van der Waals surface area contributed by atoms with Gasteiger partial charge in [-0.05, 0) is 45.4 Å². The van der Waals surface area contributed by atoms with Crippen molar-refractivity contribution in [3.8, 4) is 0 Å². The Morgan fingerprint density at radius 3 is 2.71 bits per heavy atom. The third kappa shape index (κ3) is 4.55. The Bertz CT molecular complexity index is 696. The highest BCUT2D eigenvalue weighted by atomic mass is 16.3. The number of aryl methyl sites for hydroxylation is 2. The van der Waals surface area contributed by atoms with E-state index < -0.39 is 0 Å². The van der Waals surface area contributed by atoms with Gasteiger partial charge in [0.2, 0.25) is 0 Å². The van der Waals surface area contributed by atoms with Crippen molar-refractivity contribution in [2.45, 2.75) is 40.3 Å². The smallest absolute Gasteiger partial charge is 0.322 e. The number of aliphatic hydroxyl groups excluding tert-OH is 1. The van der Waals surface area contributed by atoms with Gasteiger partial charge in [0.15, 0.2) is 0 Å². The van der Waals surface area contributed by atoms with Gasteiger partial charge in [-0.25, -0.2) is 14.5 Å². The number of urea groups is 1. The zero-order chi connectivity index (χ0) is 17.7. The fourth-order valence-corrected chi connectivity index (χ4v) is 2.53. The van der Waals surface area contributed by atoms with Crippen LogP contribution in [0.1, 0.15) is 31.1 Å². The van der Waals surface area contributed by atoms with Gasteiger partial charge in [-0.3, -0.25) is 0 Å². The summed E-state index contributed by atoms with van der Waals surface area (Å²) in [6.07, 6.45) is 0. The van der Waals surface area contributed by atoms with E-state index in [4.69, 9.17) is 5.11 Å². The van der Waals surface area contributed by atoms with Crippen LogP contribution in [0.3, 0.4) is 0 Å². The van der Waals surface area contributed by atoms with Gasteiger partial charge < -0.3 is 15.3 Å². The average molecular weight is 331 g/mol. The number of hydrogen-bond donors (Lipinski definition) is 2. The van der Waals surface area contributed by atoms with Crippen LogP contribution in [0.25, 0.3) is 0 Å². The summed E-state index contributed by atoms with van der Waals surface area (Å²) < 4.78 is 1.84. The Balaban J connectivity index is 2.09. The number of amides is 2. The van der Waals surface area contributed by atoms with Gasteiger partial charge in [-0.15, -0.1) is 0 Å². The Labute approximate surface area is 142 Å². The molecule has 1 heterocycles. The molecular formula is C17H25N5O2. The molecule has 7 heteroatoms. The van der Waals surface area contributed by atoms with Crippen molar-refractivity contribution in [3.05, 3.63) is 41.5 Å². The summed E-state index contributed by atoms with van der Waals surface area (Å²) in [4.78, 5) is 18.2. The van der Waals surface area contributed by atoms with E-state index in [-0.39, 0.29) is 18.7 Å². The van der Waals surface area contributed by atoms with Crippen LogP contribution in [0, 0.1) is 13.8 Å². The Morgan fingerprint density at radius 2 is 2.12 bits per heavy atom. The van der Waals surface area contributed by atoms with Crippen molar-refractivity contribution in [1.29, 1.82) is 0 Å². The molecule has 2 amide bonds. The van der Waals surface area contributed by atoms with Gasteiger partial charge in [0.25, 0.3) is 0 Å². The number of rotatable bonds is 6. The predicted octanol–water partition coefficient (Wildman–Crippen LogP) is 2.18. The number of benzene rings is 1. The molecule has 7 nitrogen and oxygen atoms in total. The molecule has 1 aromatic carbocycles. The molecule has 0 unspecified atom stereocenters. The zero-order valence-electron chi connectivity index (χ0n) is 14.7. The Morgan fingerprint density at radius 1 is 1.38 bits per heavy atom. The summed E-state index contributed by atoms with van der Waals surface area (Å²) in [5.41, 5.74) is 1.75. The number of nitrogens with one attached hydrogen (secondary N) is 1. The lowest BCUT2D eigenvalue weighted by Crippen LogP contribution is -2.41. The van der Waals surface area contributed by atoms with Crippen LogP contribution in [0.4, 0.5) is 10.5 Å². The standard InChI is InChI=1S/C17H25N5O2/c1-12(2)21(8-9-23)17(24)19-16-7-5-6-15(10-16)11-22-14(4)18-13(3)20-22/h5-7,10,12,23H,8-9,11H2,1-4H3,(H,19,24). The first-order valence-corrected chi connectivity index (χ1v) is 8.06. The quantitative estimate of drug-likeness (QED) is 0.850. The van der Waals surface area contributed by atoms with Gasteiger partial charge in [0.1, 0.15) is 11.6 Å². The first kappa shape index (κ1) is 17.9. The van der Waals surface area contributed by atoms with E-state index in [0.717, 1.165) is 22.9 Å². The molecule has 0 aliphatic carbocycles. The van der Waals surface area contributed by atoms with E-state index >= 15 is 0 Å². The first-order valence-electron chi connectivity index (χ1n) is 8.06. The van der Waals surface area contributed by atoms with E-state index in [2.05, 4.69) is 15.4 Å². The van der Waals surface area contributed by atoms with E-state index in [1.807, 2.05) is 56.6 Å². The molecule has 0 saturated heterocycles. The lowest BCUT2D eigenvalue weighted by Gasteiger charge is -2.26. The highest BCUT2D eigenvalue weighted by Crippen LogP contribution is 2.14. The molecule has 0 aliphatic heterocycles. The minimum Gasteiger partial charge on any atom is -0.395 e. The molecule has 1 aromatic heterocycles. The second-order valence-corrected chi connectivity index (χ2v) is 6.01. The fourth-order valence-electron chi connectivity index (χ4n) is 2.53. The van der Waals surface area contributed by atoms with Gasteiger partial charge in [0.05, 0.1) is 13.2 Å². The molecule has 130 valence electrons. The largest absolute Gasteiger partial charge is 0.395 e. The van der Waals surface area contributed by atoms with Gasteiger partial charge in [-0.1, -0.05) is 12.1 Å². The van der Waals surface area contributed by atoms with Gasteiger partial charge in [-0.2, -0.15) is 5.10 Å². The van der Waals surface area contributed by atoms with Crippen molar-refractivity contribution < 1.29 is 9.90 Å². The number of nitrogens with zero attached hydrogens (tertiary/aromatic N) is 4. The van der Waals surface area contributed by atoms with Crippen LogP contribution in [0.15, 0.2) is 24.3 Å². The third-order valence-corrected chi connectivity index (χ3v) is 3.70. The number of aromatic nitrogens is 3. The fraction of sp³-hybridized carbons (Fsp3) is 0.471. The van der Waals surface area contributed by atoms with Crippen molar-refractivity contribution in [2.75, 3.05) is 18.5 Å². The molecule has 0 atom stereocenters. The Hall–Kier alpha value is -2.41. The molecule has 0 saturated carbocycles. The molecule has 0 bridgehead atoms. The first-order chi connectivity index (χ1) is 11.4. The molecule has 0 fully saturated rings. The number of anilines is 1.